The third-order valence-corrected chi connectivity index (χ3v) is 5.24. The number of nitrogens with one attached hydrogen (secondary N) is 1. The number of hydrogen-bond acceptors (Lipinski definition) is 4. The first-order valence-electron chi connectivity index (χ1n) is 9.18. The maximum absolute atomic E-state index is 13.0. The van der Waals surface area contributed by atoms with Crippen LogP contribution in [0.2, 0.25) is 0 Å². The van der Waals surface area contributed by atoms with Crippen LogP contribution in [-0.2, 0) is 24.6 Å². The fourth-order valence-corrected chi connectivity index (χ4v) is 3.93. The van der Waals surface area contributed by atoms with E-state index in [0.717, 1.165) is 48.5 Å². The van der Waals surface area contributed by atoms with Gasteiger partial charge < -0.3 is 19.2 Å². The van der Waals surface area contributed by atoms with Crippen molar-refractivity contribution >= 4 is 5.91 Å². The van der Waals surface area contributed by atoms with Crippen molar-refractivity contribution in [2.45, 2.75) is 38.7 Å². The molecule has 0 spiro atoms. The van der Waals surface area contributed by atoms with Crippen LogP contribution in [0.4, 0.5) is 0 Å². The average molecular weight is 356 g/mol. The summed E-state index contributed by atoms with van der Waals surface area (Å²) in [5.74, 6) is 0.582. The molecule has 1 atom stereocenters. The van der Waals surface area contributed by atoms with E-state index in [1.54, 1.807) is 11.0 Å². The molecule has 7 heteroatoms. The summed E-state index contributed by atoms with van der Waals surface area (Å²) in [4.78, 5) is 34.6. The molecule has 0 unspecified atom stereocenters. The predicted octanol–water partition coefficient (Wildman–Crippen LogP) is 1.51. The number of ether oxygens (including phenoxy) is 1. The first-order valence-corrected chi connectivity index (χ1v) is 9.18. The van der Waals surface area contributed by atoms with Crippen LogP contribution in [0.25, 0.3) is 0 Å². The highest BCUT2D eigenvalue weighted by Crippen LogP contribution is 2.23. The van der Waals surface area contributed by atoms with Crippen molar-refractivity contribution in [3.05, 3.63) is 51.0 Å². The van der Waals surface area contributed by atoms with Crippen molar-refractivity contribution < 1.29 is 9.53 Å². The summed E-state index contributed by atoms with van der Waals surface area (Å²) in [7, 11) is 1.92. The molecule has 4 rings (SSSR count). The molecule has 1 aliphatic carbocycles. The van der Waals surface area contributed by atoms with Gasteiger partial charge in [0.2, 0.25) is 0 Å². The summed E-state index contributed by atoms with van der Waals surface area (Å²) in [6.45, 7) is 3.25. The largest absolute Gasteiger partial charge is 0.367 e. The Morgan fingerprint density at radius 2 is 2.15 bits per heavy atom. The molecule has 2 aromatic heterocycles. The van der Waals surface area contributed by atoms with Crippen LogP contribution in [0.5, 0.6) is 0 Å². The van der Waals surface area contributed by atoms with Crippen LogP contribution in [-0.4, -0.2) is 45.0 Å². The SMILES string of the molecule is Cc1cn(C)c([C@H]2CN(C(=O)c3cc4c([nH]c3=O)CCCC4)CCO2)n1. The monoisotopic (exact) mass is 356 g/mol. The number of fused-ring (bicyclic) bond motifs is 1. The van der Waals surface area contributed by atoms with Gasteiger partial charge >= 0.3 is 0 Å². The molecule has 1 amide bonds. The average Bonchev–Trinajstić information content (AvgIpc) is 2.99. The third-order valence-electron chi connectivity index (χ3n) is 5.24. The highest BCUT2D eigenvalue weighted by molar-refractivity contribution is 5.94. The number of imidazole rings is 1. The topological polar surface area (TPSA) is 80.2 Å². The number of carbonyl (C=O) groups is 1. The molecular weight excluding hydrogens is 332 g/mol. The van der Waals surface area contributed by atoms with E-state index in [0.29, 0.717) is 19.7 Å². The summed E-state index contributed by atoms with van der Waals surface area (Å²) in [6.07, 6.45) is 5.66. The lowest BCUT2D eigenvalue weighted by atomic mass is 9.95. The Kier molecular flexibility index (Phi) is 4.40. The molecule has 3 heterocycles. The fraction of sp³-hybridized carbons (Fsp3) is 0.526. The smallest absolute Gasteiger partial charge is 0.261 e. The van der Waals surface area contributed by atoms with Crippen LogP contribution in [0.1, 0.15) is 52.1 Å². The number of nitrogens with zero attached hydrogens (tertiary/aromatic N) is 3. The van der Waals surface area contributed by atoms with Crippen LogP contribution < -0.4 is 5.56 Å². The van der Waals surface area contributed by atoms with Crippen LogP contribution in [0.15, 0.2) is 17.1 Å². The molecule has 1 saturated heterocycles. The van der Waals surface area contributed by atoms with E-state index >= 15 is 0 Å². The number of aromatic nitrogens is 3. The third kappa shape index (κ3) is 3.07. The zero-order valence-corrected chi connectivity index (χ0v) is 15.2. The summed E-state index contributed by atoms with van der Waals surface area (Å²) < 4.78 is 7.76. The van der Waals surface area contributed by atoms with Gasteiger partial charge in [-0.1, -0.05) is 0 Å². The first-order chi connectivity index (χ1) is 12.5. The Morgan fingerprint density at radius 1 is 1.35 bits per heavy atom. The molecule has 1 aliphatic heterocycles. The van der Waals surface area contributed by atoms with E-state index in [-0.39, 0.29) is 23.1 Å². The van der Waals surface area contributed by atoms with Crippen LogP contribution >= 0.6 is 0 Å². The molecule has 1 N–H and O–H groups in total. The minimum atomic E-state index is -0.286. The Hall–Kier alpha value is -2.41. The summed E-state index contributed by atoms with van der Waals surface area (Å²) in [5, 5.41) is 0. The number of H-pyrrole nitrogens is 1. The molecule has 2 aromatic rings. The number of amides is 1. The Bertz CT molecular complexity index is 899. The molecule has 138 valence electrons. The number of hydrogen-bond donors (Lipinski definition) is 1. The molecule has 0 bridgehead atoms. The van der Waals surface area contributed by atoms with E-state index < -0.39 is 0 Å². The maximum atomic E-state index is 13.0. The second kappa shape index (κ2) is 6.72. The molecule has 2 aliphatic rings. The van der Waals surface area contributed by atoms with Gasteiger partial charge in [-0.25, -0.2) is 4.98 Å². The van der Waals surface area contributed by atoms with Gasteiger partial charge in [-0.05, 0) is 44.2 Å². The van der Waals surface area contributed by atoms with Gasteiger partial charge in [-0.15, -0.1) is 0 Å². The number of pyridine rings is 1. The van der Waals surface area contributed by atoms with Crippen LogP contribution in [0, 0.1) is 6.92 Å². The van der Waals surface area contributed by atoms with Crippen molar-refractivity contribution in [2.75, 3.05) is 19.7 Å². The first kappa shape index (κ1) is 17.0. The summed E-state index contributed by atoms with van der Waals surface area (Å²) in [6, 6.07) is 1.80. The number of aromatic amines is 1. The molecule has 26 heavy (non-hydrogen) atoms. The molecule has 7 nitrogen and oxygen atoms in total. The minimum absolute atomic E-state index is 0.223. The van der Waals surface area contributed by atoms with E-state index in [1.807, 2.05) is 24.7 Å². The predicted molar refractivity (Wildman–Crippen MR) is 96.2 cm³/mol. The van der Waals surface area contributed by atoms with Gasteiger partial charge in [-0.2, -0.15) is 0 Å². The highest BCUT2D eigenvalue weighted by atomic mass is 16.5. The van der Waals surface area contributed by atoms with Gasteiger partial charge in [-0.3, -0.25) is 9.59 Å². The maximum Gasteiger partial charge on any atom is 0.261 e. The number of carbonyl (C=O) groups excluding carboxylic acids is 1. The van der Waals surface area contributed by atoms with Gasteiger partial charge in [0, 0.05) is 25.5 Å². The van der Waals surface area contributed by atoms with Crippen molar-refractivity contribution in [1.82, 2.24) is 19.4 Å². The molecular formula is C19H24N4O3. The molecule has 0 aromatic carbocycles. The fourth-order valence-electron chi connectivity index (χ4n) is 3.93. The minimum Gasteiger partial charge on any atom is -0.367 e. The van der Waals surface area contributed by atoms with Gasteiger partial charge in [0.1, 0.15) is 17.5 Å². The van der Waals surface area contributed by atoms with Crippen molar-refractivity contribution in [1.29, 1.82) is 0 Å². The standard InChI is InChI=1S/C19H24N4O3/c1-12-10-22(2)17(20-12)16-11-23(7-8-26-16)19(25)14-9-13-5-3-4-6-15(13)21-18(14)24/h9-10,16H,3-8,11H2,1-2H3,(H,21,24)/t16-/m1/s1. The zero-order chi connectivity index (χ0) is 18.3. The normalized spacial score (nSPS) is 20.1. The lowest BCUT2D eigenvalue weighted by Crippen LogP contribution is -2.44. The summed E-state index contributed by atoms with van der Waals surface area (Å²) >= 11 is 0. The zero-order valence-electron chi connectivity index (χ0n) is 15.2. The van der Waals surface area contributed by atoms with Crippen molar-refractivity contribution in [2.24, 2.45) is 7.05 Å². The Morgan fingerprint density at radius 3 is 2.92 bits per heavy atom. The Balaban J connectivity index is 1.58. The second-order valence-corrected chi connectivity index (χ2v) is 7.19. The van der Waals surface area contributed by atoms with Gasteiger partial charge in [0.15, 0.2) is 0 Å². The van der Waals surface area contributed by atoms with E-state index in [9.17, 15) is 9.59 Å². The van der Waals surface area contributed by atoms with Crippen LogP contribution in [0.3, 0.4) is 0 Å². The highest BCUT2D eigenvalue weighted by Gasteiger charge is 2.30. The van der Waals surface area contributed by atoms with Gasteiger partial charge in [0.05, 0.1) is 18.8 Å². The van der Waals surface area contributed by atoms with E-state index in [2.05, 4.69) is 9.97 Å². The van der Waals surface area contributed by atoms with E-state index in [4.69, 9.17) is 4.74 Å². The lowest BCUT2D eigenvalue weighted by molar-refractivity contribution is -0.0280. The van der Waals surface area contributed by atoms with Gasteiger partial charge in [0.25, 0.3) is 11.5 Å². The Labute approximate surface area is 152 Å². The quantitative estimate of drug-likeness (QED) is 0.884. The molecule has 1 fully saturated rings. The lowest BCUT2D eigenvalue weighted by Gasteiger charge is -2.32. The second-order valence-electron chi connectivity index (χ2n) is 7.19. The summed E-state index contributed by atoms with van der Waals surface area (Å²) in [5.41, 5.74) is 2.96. The van der Waals surface area contributed by atoms with Crippen molar-refractivity contribution in [3.63, 3.8) is 0 Å². The van der Waals surface area contributed by atoms with Crippen molar-refractivity contribution in [3.8, 4) is 0 Å². The van der Waals surface area contributed by atoms with E-state index in [1.165, 1.54) is 0 Å². The number of aryl methyl sites for hydroxylation is 4. The number of morpholine rings is 1. The molecule has 0 radical (unpaired) electrons. The molecule has 0 saturated carbocycles. The number of rotatable bonds is 2.